The molecule has 0 radical (unpaired) electrons. The molecule has 1 fully saturated rings. The standard InChI is InChI=1S/C15H16ClN3O2/c1-8-5-11(16)14(9-3-2-4-18-13(8)9)19-15(20)10-6-21-7-12(10)17/h2-5,10,12H,6-7,17H2,1H3,(H,19,20). The van der Waals surface area contributed by atoms with Crippen LogP contribution in [0, 0.1) is 12.8 Å². The topological polar surface area (TPSA) is 77.2 Å². The van der Waals surface area contributed by atoms with E-state index in [0.29, 0.717) is 23.9 Å². The van der Waals surface area contributed by atoms with E-state index >= 15 is 0 Å². The lowest BCUT2D eigenvalue weighted by atomic mass is 10.0. The zero-order chi connectivity index (χ0) is 15.0. The van der Waals surface area contributed by atoms with Crippen molar-refractivity contribution in [3.63, 3.8) is 0 Å². The maximum absolute atomic E-state index is 12.4. The highest BCUT2D eigenvalue weighted by atomic mass is 35.5. The van der Waals surface area contributed by atoms with Crippen LogP contribution >= 0.6 is 11.6 Å². The highest BCUT2D eigenvalue weighted by molar-refractivity contribution is 6.35. The number of nitrogens with one attached hydrogen (secondary N) is 1. The molecule has 1 aliphatic rings. The van der Waals surface area contributed by atoms with Gasteiger partial charge in [-0.3, -0.25) is 9.78 Å². The van der Waals surface area contributed by atoms with E-state index in [4.69, 9.17) is 22.1 Å². The van der Waals surface area contributed by atoms with Crippen LogP contribution in [0.4, 0.5) is 5.69 Å². The summed E-state index contributed by atoms with van der Waals surface area (Å²) in [6, 6.07) is 5.23. The zero-order valence-electron chi connectivity index (χ0n) is 11.6. The minimum Gasteiger partial charge on any atom is -0.379 e. The van der Waals surface area contributed by atoms with E-state index in [1.165, 1.54) is 0 Å². The Morgan fingerprint density at radius 1 is 1.52 bits per heavy atom. The summed E-state index contributed by atoms with van der Waals surface area (Å²) in [5, 5.41) is 4.20. The quantitative estimate of drug-likeness (QED) is 0.891. The first-order chi connectivity index (χ1) is 10.1. The van der Waals surface area contributed by atoms with Crippen molar-refractivity contribution in [1.82, 2.24) is 4.98 Å². The van der Waals surface area contributed by atoms with Gasteiger partial charge in [0.2, 0.25) is 5.91 Å². The first kappa shape index (κ1) is 14.3. The second-order valence-electron chi connectivity index (χ2n) is 5.25. The molecule has 21 heavy (non-hydrogen) atoms. The third-order valence-corrected chi connectivity index (χ3v) is 4.04. The number of fused-ring (bicyclic) bond motifs is 1. The Labute approximate surface area is 127 Å². The number of aromatic nitrogens is 1. The maximum Gasteiger partial charge on any atom is 0.231 e. The van der Waals surface area contributed by atoms with E-state index < -0.39 is 0 Å². The van der Waals surface area contributed by atoms with Crippen molar-refractivity contribution in [3.05, 3.63) is 35.0 Å². The number of amides is 1. The molecule has 5 nitrogen and oxygen atoms in total. The van der Waals surface area contributed by atoms with Crippen LogP contribution in [0.2, 0.25) is 5.02 Å². The summed E-state index contributed by atoms with van der Waals surface area (Å²) in [5.41, 5.74) is 8.25. The Balaban J connectivity index is 1.99. The molecule has 0 saturated carbocycles. The lowest BCUT2D eigenvalue weighted by Crippen LogP contribution is -2.37. The van der Waals surface area contributed by atoms with Crippen LogP contribution in [0.25, 0.3) is 10.9 Å². The second-order valence-corrected chi connectivity index (χ2v) is 5.65. The van der Waals surface area contributed by atoms with Gasteiger partial charge in [-0.15, -0.1) is 0 Å². The third kappa shape index (κ3) is 2.60. The number of pyridine rings is 1. The number of hydrogen-bond donors (Lipinski definition) is 2. The van der Waals surface area contributed by atoms with Gasteiger partial charge in [-0.05, 0) is 30.7 Å². The summed E-state index contributed by atoms with van der Waals surface area (Å²) in [7, 11) is 0. The maximum atomic E-state index is 12.4. The predicted octanol–water partition coefficient (Wildman–Crippen LogP) is 2.11. The number of anilines is 1. The van der Waals surface area contributed by atoms with Crippen molar-refractivity contribution < 1.29 is 9.53 Å². The number of nitrogens with zero attached hydrogens (tertiary/aromatic N) is 1. The average molecular weight is 306 g/mol. The van der Waals surface area contributed by atoms with E-state index in [-0.39, 0.29) is 17.9 Å². The van der Waals surface area contributed by atoms with Crippen molar-refractivity contribution in [1.29, 1.82) is 0 Å². The van der Waals surface area contributed by atoms with Crippen LogP contribution in [0.5, 0.6) is 0 Å². The van der Waals surface area contributed by atoms with Gasteiger partial charge in [-0.1, -0.05) is 11.6 Å². The fraction of sp³-hybridized carbons (Fsp3) is 0.333. The Hall–Kier alpha value is -1.69. The summed E-state index contributed by atoms with van der Waals surface area (Å²) in [6.45, 7) is 2.68. The van der Waals surface area contributed by atoms with Crippen LogP contribution in [0.3, 0.4) is 0 Å². The van der Waals surface area contributed by atoms with Gasteiger partial charge in [-0.25, -0.2) is 0 Å². The SMILES string of the molecule is Cc1cc(Cl)c(NC(=O)C2COCC2N)c2cccnc12. The fourth-order valence-corrected chi connectivity index (χ4v) is 2.88. The lowest BCUT2D eigenvalue weighted by molar-refractivity contribution is -0.120. The van der Waals surface area contributed by atoms with E-state index in [2.05, 4.69) is 10.3 Å². The van der Waals surface area contributed by atoms with Gasteiger partial charge in [-0.2, -0.15) is 0 Å². The number of nitrogens with two attached hydrogens (primary N) is 1. The van der Waals surface area contributed by atoms with Crippen molar-refractivity contribution in [3.8, 4) is 0 Å². The zero-order valence-corrected chi connectivity index (χ0v) is 12.4. The normalized spacial score (nSPS) is 21.7. The summed E-state index contributed by atoms with van der Waals surface area (Å²) < 4.78 is 5.23. The number of benzene rings is 1. The molecule has 1 amide bonds. The predicted molar refractivity (Wildman–Crippen MR) is 82.4 cm³/mol. The minimum atomic E-state index is -0.353. The first-order valence-electron chi connectivity index (χ1n) is 6.76. The third-order valence-electron chi connectivity index (χ3n) is 3.74. The molecule has 3 rings (SSSR count). The number of aryl methyl sites for hydroxylation is 1. The van der Waals surface area contributed by atoms with Crippen LogP contribution < -0.4 is 11.1 Å². The summed E-state index contributed by atoms with van der Waals surface area (Å²) in [5.74, 6) is -0.523. The van der Waals surface area contributed by atoms with Crippen molar-refractivity contribution >= 4 is 34.1 Å². The number of hydrogen-bond acceptors (Lipinski definition) is 4. The van der Waals surface area contributed by atoms with E-state index in [9.17, 15) is 4.79 Å². The second kappa shape index (κ2) is 5.60. The summed E-state index contributed by atoms with van der Waals surface area (Å²) in [4.78, 5) is 16.7. The molecule has 1 aromatic carbocycles. The van der Waals surface area contributed by atoms with E-state index in [0.717, 1.165) is 16.5 Å². The Kier molecular flexibility index (Phi) is 3.80. The number of rotatable bonds is 2. The molecule has 3 N–H and O–H groups in total. The summed E-state index contributed by atoms with van der Waals surface area (Å²) >= 11 is 6.29. The van der Waals surface area contributed by atoms with Gasteiger partial charge in [0.1, 0.15) is 0 Å². The largest absolute Gasteiger partial charge is 0.379 e. The van der Waals surface area contributed by atoms with Gasteiger partial charge in [0, 0.05) is 17.6 Å². The Morgan fingerprint density at radius 2 is 2.33 bits per heavy atom. The van der Waals surface area contributed by atoms with Crippen molar-refractivity contribution in [2.75, 3.05) is 18.5 Å². The fourth-order valence-electron chi connectivity index (χ4n) is 2.56. The van der Waals surface area contributed by atoms with Crippen LogP contribution in [0.1, 0.15) is 5.56 Å². The number of ether oxygens (including phenoxy) is 1. The number of carbonyl (C=O) groups is 1. The molecule has 1 aliphatic heterocycles. The number of carbonyl (C=O) groups excluding carboxylic acids is 1. The van der Waals surface area contributed by atoms with Crippen molar-refractivity contribution in [2.24, 2.45) is 11.7 Å². The highest BCUT2D eigenvalue weighted by Gasteiger charge is 2.31. The molecule has 2 heterocycles. The molecule has 2 unspecified atom stereocenters. The molecule has 110 valence electrons. The monoisotopic (exact) mass is 305 g/mol. The molecule has 1 aromatic heterocycles. The highest BCUT2D eigenvalue weighted by Crippen LogP contribution is 2.33. The number of halogens is 1. The molecule has 0 spiro atoms. The van der Waals surface area contributed by atoms with Gasteiger partial charge in [0.05, 0.1) is 35.4 Å². The van der Waals surface area contributed by atoms with Gasteiger partial charge < -0.3 is 15.8 Å². The van der Waals surface area contributed by atoms with Crippen LogP contribution in [0.15, 0.2) is 24.4 Å². The molecule has 0 bridgehead atoms. The summed E-state index contributed by atoms with van der Waals surface area (Å²) in [6.07, 6.45) is 1.72. The van der Waals surface area contributed by atoms with Crippen LogP contribution in [-0.2, 0) is 9.53 Å². The minimum absolute atomic E-state index is 0.170. The average Bonchev–Trinajstić information content (AvgIpc) is 2.89. The van der Waals surface area contributed by atoms with E-state index in [1.54, 1.807) is 12.3 Å². The molecule has 2 aromatic rings. The molecule has 6 heteroatoms. The van der Waals surface area contributed by atoms with E-state index in [1.807, 2.05) is 19.1 Å². The molecular weight excluding hydrogens is 290 g/mol. The van der Waals surface area contributed by atoms with Crippen LogP contribution in [-0.4, -0.2) is 30.1 Å². The van der Waals surface area contributed by atoms with Gasteiger partial charge in [0.25, 0.3) is 0 Å². The lowest BCUT2D eigenvalue weighted by Gasteiger charge is -2.16. The first-order valence-corrected chi connectivity index (χ1v) is 7.13. The van der Waals surface area contributed by atoms with Crippen molar-refractivity contribution in [2.45, 2.75) is 13.0 Å². The Bertz CT molecular complexity index is 705. The molecular formula is C15H16ClN3O2. The Morgan fingerprint density at radius 3 is 3.05 bits per heavy atom. The van der Waals surface area contributed by atoms with Gasteiger partial charge >= 0.3 is 0 Å². The molecule has 2 atom stereocenters. The molecule has 0 aliphatic carbocycles. The molecule has 1 saturated heterocycles. The smallest absolute Gasteiger partial charge is 0.231 e. The van der Waals surface area contributed by atoms with Gasteiger partial charge in [0.15, 0.2) is 0 Å².